The standard InChI is InChI=1S/C12H16ClNO3S2/c1-18-12-9(13)5-8(6-11(12)19(2,15)16)10-7-14-3-4-17-10/h5-6,10,14H,3-4,7H2,1-2H3. The zero-order valence-corrected chi connectivity index (χ0v) is 13.2. The average Bonchev–Trinajstić information content (AvgIpc) is 2.37. The van der Waals surface area contributed by atoms with E-state index < -0.39 is 9.84 Å². The van der Waals surface area contributed by atoms with Crippen LogP contribution in [0.4, 0.5) is 0 Å². The molecule has 1 N–H and O–H groups in total. The van der Waals surface area contributed by atoms with Gasteiger partial charge in [0.25, 0.3) is 0 Å². The van der Waals surface area contributed by atoms with Crippen LogP contribution in [0.2, 0.25) is 5.02 Å². The number of nitrogens with one attached hydrogen (secondary N) is 1. The number of rotatable bonds is 3. The number of halogens is 1. The van der Waals surface area contributed by atoms with Crippen molar-refractivity contribution in [3.05, 3.63) is 22.7 Å². The highest BCUT2D eigenvalue weighted by Gasteiger charge is 2.22. The Morgan fingerprint density at radius 3 is 2.74 bits per heavy atom. The largest absolute Gasteiger partial charge is 0.371 e. The molecule has 1 aliphatic heterocycles. The molecule has 0 radical (unpaired) electrons. The monoisotopic (exact) mass is 321 g/mol. The Hall–Kier alpha value is -0.270. The fourth-order valence-corrected chi connectivity index (χ4v) is 4.56. The first-order chi connectivity index (χ1) is 8.93. The number of hydrogen-bond donors (Lipinski definition) is 1. The van der Waals surface area contributed by atoms with Crippen LogP contribution >= 0.6 is 23.4 Å². The minimum absolute atomic E-state index is 0.150. The molecule has 4 nitrogen and oxygen atoms in total. The summed E-state index contributed by atoms with van der Waals surface area (Å²) in [6.45, 7) is 2.09. The highest BCUT2D eigenvalue weighted by atomic mass is 35.5. The molecule has 2 rings (SSSR count). The van der Waals surface area contributed by atoms with Gasteiger partial charge in [0, 0.05) is 24.2 Å². The van der Waals surface area contributed by atoms with Crippen LogP contribution in [-0.4, -0.2) is 40.6 Å². The van der Waals surface area contributed by atoms with Gasteiger partial charge in [-0.1, -0.05) is 11.6 Å². The quantitative estimate of drug-likeness (QED) is 0.864. The van der Waals surface area contributed by atoms with Crippen molar-refractivity contribution in [1.29, 1.82) is 0 Å². The molecule has 1 aromatic carbocycles. The van der Waals surface area contributed by atoms with Crippen molar-refractivity contribution in [3.8, 4) is 0 Å². The summed E-state index contributed by atoms with van der Waals surface area (Å²) in [6, 6.07) is 3.46. The number of benzene rings is 1. The predicted molar refractivity (Wildman–Crippen MR) is 77.9 cm³/mol. The van der Waals surface area contributed by atoms with Gasteiger partial charge >= 0.3 is 0 Å². The van der Waals surface area contributed by atoms with Crippen LogP contribution < -0.4 is 5.32 Å². The molecule has 0 saturated carbocycles. The van der Waals surface area contributed by atoms with Crippen molar-refractivity contribution in [3.63, 3.8) is 0 Å². The average molecular weight is 322 g/mol. The van der Waals surface area contributed by atoms with E-state index in [0.29, 0.717) is 23.1 Å². The fourth-order valence-electron chi connectivity index (χ4n) is 2.03. The summed E-state index contributed by atoms with van der Waals surface area (Å²) in [5, 5.41) is 3.67. The van der Waals surface area contributed by atoms with Crippen molar-refractivity contribution in [2.45, 2.75) is 15.9 Å². The Labute approximate surface area is 122 Å². The summed E-state index contributed by atoms with van der Waals surface area (Å²) < 4.78 is 29.4. The molecule has 0 aliphatic carbocycles. The Morgan fingerprint density at radius 2 is 2.21 bits per heavy atom. The van der Waals surface area contributed by atoms with E-state index in [1.807, 2.05) is 6.26 Å². The van der Waals surface area contributed by atoms with Crippen molar-refractivity contribution < 1.29 is 13.2 Å². The minimum atomic E-state index is -3.31. The van der Waals surface area contributed by atoms with E-state index in [2.05, 4.69) is 5.32 Å². The van der Waals surface area contributed by atoms with Gasteiger partial charge in [0.2, 0.25) is 0 Å². The third-order valence-corrected chi connectivity index (χ3v) is 5.44. The third-order valence-electron chi connectivity index (χ3n) is 2.93. The molecule has 106 valence electrons. The number of ether oxygens (including phenoxy) is 1. The lowest BCUT2D eigenvalue weighted by atomic mass is 10.1. The first kappa shape index (κ1) is 15.1. The van der Waals surface area contributed by atoms with E-state index in [4.69, 9.17) is 16.3 Å². The maximum Gasteiger partial charge on any atom is 0.176 e. The van der Waals surface area contributed by atoms with E-state index in [1.54, 1.807) is 12.1 Å². The molecule has 0 spiro atoms. The fraction of sp³-hybridized carbons (Fsp3) is 0.500. The Kier molecular flexibility index (Phi) is 4.79. The molecule has 19 heavy (non-hydrogen) atoms. The molecule has 1 saturated heterocycles. The third kappa shape index (κ3) is 3.44. The second-order valence-electron chi connectivity index (χ2n) is 4.37. The zero-order valence-electron chi connectivity index (χ0n) is 10.8. The lowest BCUT2D eigenvalue weighted by molar-refractivity contribution is 0.0275. The van der Waals surface area contributed by atoms with Crippen molar-refractivity contribution in [2.75, 3.05) is 32.2 Å². The molecule has 1 fully saturated rings. The van der Waals surface area contributed by atoms with Crippen molar-refractivity contribution in [1.82, 2.24) is 5.32 Å². The molecule has 0 amide bonds. The van der Waals surface area contributed by atoms with Gasteiger partial charge in [0.05, 0.1) is 22.6 Å². The number of hydrogen-bond acceptors (Lipinski definition) is 5. The smallest absolute Gasteiger partial charge is 0.176 e. The van der Waals surface area contributed by atoms with E-state index in [9.17, 15) is 8.42 Å². The number of sulfone groups is 1. The summed E-state index contributed by atoms with van der Waals surface area (Å²) in [6.07, 6.45) is 2.86. The van der Waals surface area contributed by atoms with Crippen LogP contribution in [0.25, 0.3) is 0 Å². The van der Waals surface area contributed by atoms with Gasteiger partial charge in [-0.05, 0) is 24.0 Å². The maximum atomic E-state index is 11.9. The number of morpholine rings is 1. The highest BCUT2D eigenvalue weighted by molar-refractivity contribution is 7.99. The van der Waals surface area contributed by atoms with Crippen LogP contribution in [0.15, 0.2) is 21.9 Å². The molecule has 0 bridgehead atoms. The zero-order chi connectivity index (χ0) is 14.0. The first-order valence-electron chi connectivity index (χ1n) is 5.83. The summed E-state index contributed by atoms with van der Waals surface area (Å²) in [7, 11) is -3.31. The van der Waals surface area contributed by atoms with Crippen molar-refractivity contribution in [2.24, 2.45) is 0 Å². The van der Waals surface area contributed by atoms with E-state index in [1.165, 1.54) is 18.0 Å². The van der Waals surface area contributed by atoms with Crippen molar-refractivity contribution >= 4 is 33.2 Å². The normalized spacial score (nSPS) is 20.5. The van der Waals surface area contributed by atoms with Crippen LogP contribution in [-0.2, 0) is 14.6 Å². The molecule has 0 aromatic heterocycles. The molecular weight excluding hydrogens is 306 g/mol. The van der Waals surface area contributed by atoms with Gasteiger partial charge in [0.15, 0.2) is 9.84 Å². The SMILES string of the molecule is CSc1c(Cl)cc(C2CNCCO2)cc1S(C)(=O)=O. The molecule has 1 atom stereocenters. The molecule has 1 aromatic rings. The Balaban J connectivity index is 2.50. The molecule has 1 aliphatic rings. The van der Waals surface area contributed by atoms with Crippen LogP contribution in [0.1, 0.15) is 11.7 Å². The molecule has 7 heteroatoms. The predicted octanol–water partition coefficient (Wildman–Crippen LogP) is 2.13. The van der Waals surface area contributed by atoms with Crippen LogP contribution in [0.3, 0.4) is 0 Å². The lowest BCUT2D eigenvalue weighted by Gasteiger charge is -2.25. The van der Waals surface area contributed by atoms with Gasteiger partial charge in [-0.25, -0.2) is 8.42 Å². The summed E-state index contributed by atoms with van der Waals surface area (Å²) in [5.74, 6) is 0. The summed E-state index contributed by atoms with van der Waals surface area (Å²) in [4.78, 5) is 0.869. The Bertz CT molecular complexity index is 569. The highest BCUT2D eigenvalue weighted by Crippen LogP contribution is 2.35. The topological polar surface area (TPSA) is 55.4 Å². The van der Waals surface area contributed by atoms with Gasteiger partial charge < -0.3 is 10.1 Å². The molecule has 1 heterocycles. The van der Waals surface area contributed by atoms with E-state index in [0.717, 1.165) is 12.1 Å². The summed E-state index contributed by atoms with van der Waals surface area (Å²) >= 11 is 7.54. The maximum absolute atomic E-state index is 11.9. The van der Waals surface area contributed by atoms with Gasteiger partial charge in [-0.2, -0.15) is 0 Å². The van der Waals surface area contributed by atoms with Crippen LogP contribution in [0, 0.1) is 0 Å². The van der Waals surface area contributed by atoms with Gasteiger partial charge in [-0.3, -0.25) is 0 Å². The Morgan fingerprint density at radius 1 is 1.47 bits per heavy atom. The number of thioether (sulfide) groups is 1. The van der Waals surface area contributed by atoms with Gasteiger partial charge in [0.1, 0.15) is 0 Å². The summed E-state index contributed by atoms with van der Waals surface area (Å²) in [5.41, 5.74) is 0.801. The minimum Gasteiger partial charge on any atom is -0.371 e. The first-order valence-corrected chi connectivity index (χ1v) is 9.32. The second kappa shape index (κ2) is 6.01. The lowest BCUT2D eigenvalue weighted by Crippen LogP contribution is -2.33. The van der Waals surface area contributed by atoms with E-state index >= 15 is 0 Å². The van der Waals surface area contributed by atoms with Crippen LogP contribution in [0.5, 0.6) is 0 Å². The van der Waals surface area contributed by atoms with Gasteiger partial charge in [-0.15, -0.1) is 11.8 Å². The van der Waals surface area contributed by atoms with E-state index in [-0.39, 0.29) is 11.0 Å². The molecule has 1 unspecified atom stereocenters. The molecular formula is C12H16ClNO3S2. The second-order valence-corrected chi connectivity index (χ2v) is 7.58.